The van der Waals surface area contributed by atoms with Gasteiger partial charge in [-0.05, 0) is 50.7 Å². The fourth-order valence-corrected chi connectivity index (χ4v) is 5.89. The van der Waals surface area contributed by atoms with Gasteiger partial charge in [0, 0.05) is 44.3 Å². The fourth-order valence-electron chi connectivity index (χ4n) is 5.89. The van der Waals surface area contributed by atoms with Crippen molar-refractivity contribution in [1.82, 2.24) is 24.4 Å². The zero-order valence-corrected chi connectivity index (χ0v) is 22.9. The molecule has 1 aliphatic carbocycles. The lowest BCUT2D eigenvalue weighted by Gasteiger charge is -2.39. The van der Waals surface area contributed by atoms with Crippen LogP contribution in [0.2, 0.25) is 0 Å². The number of aliphatic hydroxyl groups is 1. The van der Waals surface area contributed by atoms with Gasteiger partial charge >= 0.3 is 0 Å². The summed E-state index contributed by atoms with van der Waals surface area (Å²) < 4.78 is 48.5. The molecule has 1 atom stereocenters. The van der Waals surface area contributed by atoms with Gasteiger partial charge in [-0.2, -0.15) is 9.97 Å². The molecule has 40 heavy (non-hydrogen) atoms. The van der Waals surface area contributed by atoms with E-state index in [4.69, 9.17) is 9.72 Å². The molecule has 2 aliphatic rings. The number of ether oxygens (including phenoxy) is 1. The number of hydrogen-bond donors (Lipinski definition) is 2. The van der Waals surface area contributed by atoms with Crippen molar-refractivity contribution in [1.29, 1.82) is 0 Å². The van der Waals surface area contributed by atoms with E-state index in [1.807, 2.05) is 6.92 Å². The number of imidazole rings is 1. The first kappa shape index (κ1) is 28.6. The highest BCUT2D eigenvalue weighted by molar-refractivity contribution is 5.78. The minimum Gasteiger partial charge on any atom is -0.395 e. The molecule has 2 fully saturated rings. The number of rotatable bonds is 11. The number of nitrogens with one attached hydrogen (secondary N) is 1. The Morgan fingerprint density at radius 1 is 1.07 bits per heavy atom. The second-order valence-corrected chi connectivity index (χ2v) is 10.6. The molecule has 0 radical (unpaired) electrons. The SMILES string of the molecule is CC(CF)N(CCO)C1CCC(CNc2nc(N3CCOCC3)cc(-n3c(C(F)F)nc4ccccc43)n2)CC1. The molecule has 0 amide bonds. The largest absolute Gasteiger partial charge is 0.395 e. The molecule has 9 nitrogen and oxygen atoms in total. The van der Waals surface area contributed by atoms with Gasteiger partial charge in [0.25, 0.3) is 6.43 Å². The summed E-state index contributed by atoms with van der Waals surface area (Å²) in [4.78, 5) is 17.8. The Bertz CT molecular complexity index is 1250. The van der Waals surface area contributed by atoms with E-state index in [0.29, 0.717) is 73.9 Å². The zero-order valence-electron chi connectivity index (χ0n) is 22.9. The highest BCUT2D eigenvalue weighted by atomic mass is 19.3. The van der Waals surface area contributed by atoms with Crippen molar-refractivity contribution >= 4 is 22.8 Å². The van der Waals surface area contributed by atoms with E-state index in [-0.39, 0.29) is 24.5 Å². The molecule has 0 spiro atoms. The Labute approximate surface area is 232 Å². The van der Waals surface area contributed by atoms with Crippen LogP contribution in [0.5, 0.6) is 0 Å². The van der Waals surface area contributed by atoms with Gasteiger partial charge in [-0.25, -0.2) is 18.2 Å². The first-order chi connectivity index (χ1) is 19.5. The van der Waals surface area contributed by atoms with Crippen LogP contribution in [0.25, 0.3) is 16.9 Å². The number of aromatic nitrogens is 4. The van der Waals surface area contributed by atoms with Crippen LogP contribution in [0, 0.1) is 5.92 Å². The Kier molecular flexibility index (Phi) is 9.38. The van der Waals surface area contributed by atoms with E-state index in [1.54, 1.807) is 30.3 Å². The molecule has 12 heteroatoms. The first-order valence-electron chi connectivity index (χ1n) is 14.1. The van der Waals surface area contributed by atoms with Gasteiger partial charge in [-0.3, -0.25) is 9.47 Å². The number of halogens is 3. The second-order valence-electron chi connectivity index (χ2n) is 10.6. The van der Waals surface area contributed by atoms with Gasteiger partial charge in [-0.15, -0.1) is 0 Å². The summed E-state index contributed by atoms with van der Waals surface area (Å²) in [5, 5.41) is 12.8. The molecular formula is C28H38F3N7O2. The molecule has 1 saturated carbocycles. The summed E-state index contributed by atoms with van der Waals surface area (Å²) in [5.41, 5.74) is 1.04. The van der Waals surface area contributed by atoms with Crippen LogP contribution in [0.3, 0.4) is 0 Å². The summed E-state index contributed by atoms with van der Waals surface area (Å²) in [6, 6.07) is 8.84. The number of para-hydroxylation sites is 2. The topological polar surface area (TPSA) is 91.6 Å². The molecule has 0 bridgehead atoms. The van der Waals surface area contributed by atoms with Crippen molar-refractivity contribution in [3.05, 3.63) is 36.2 Å². The molecule has 1 aliphatic heterocycles. The minimum absolute atomic E-state index is 0.0183. The van der Waals surface area contributed by atoms with E-state index in [1.165, 1.54) is 4.57 Å². The van der Waals surface area contributed by atoms with Gasteiger partial charge in [0.15, 0.2) is 5.82 Å². The Morgan fingerprint density at radius 3 is 2.50 bits per heavy atom. The highest BCUT2D eigenvalue weighted by Crippen LogP contribution is 2.31. The number of anilines is 2. The average molecular weight is 562 g/mol. The lowest BCUT2D eigenvalue weighted by Crippen LogP contribution is -2.46. The lowest BCUT2D eigenvalue weighted by molar-refractivity contribution is 0.0673. The van der Waals surface area contributed by atoms with Crippen molar-refractivity contribution < 1.29 is 23.0 Å². The van der Waals surface area contributed by atoms with Gasteiger partial charge < -0.3 is 20.1 Å². The van der Waals surface area contributed by atoms with Gasteiger partial charge in [0.1, 0.15) is 18.3 Å². The van der Waals surface area contributed by atoms with Crippen molar-refractivity contribution in [2.75, 3.05) is 62.9 Å². The molecule has 3 aromatic rings. The second kappa shape index (κ2) is 13.1. The summed E-state index contributed by atoms with van der Waals surface area (Å²) in [5.74, 6) is 1.39. The standard InChI is InChI=1S/C28H38F3N7O2/c1-19(17-29)37(10-13-39)21-8-6-20(7-9-21)18-32-28-34-24(36-11-14-40-15-12-36)16-25(35-28)38-23-5-3-2-4-22(23)33-27(38)26(30)31/h2-5,16,19-21,26,39H,6-15,17-18H2,1H3,(H,32,34,35). The van der Waals surface area contributed by atoms with E-state index >= 15 is 0 Å². The van der Waals surface area contributed by atoms with E-state index in [2.05, 4.69) is 25.1 Å². The van der Waals surface area contributed by atoms with Crippen LogP contribution >= 0.6 is 0 Å². The molecule has 1 saturated heterocycles. The predicted octanol–water partition coefficient (Wildman–Crippen LogP) is 4.21. The fraction of sp³-hybridized carbons (Fsp3) is 0.607. The number of alkyl halides is 3. The van der Waals surface area contributed by atoms with E-state index < -0.39 is 13.1 Å². The third kappa shape index (κ3) is 6.34. The maximum atomic E-state index is 14.1. The molecule has 1 aromatic carbocycles. The number of benzene rings is 1. The van der Waals surface area contributed by atoms with Crippen molar-refractivity contribution in [3.8, 4) is 5.82 Å². The summed E-state index contributed by atoms with van der Waals surface area (Å²) >= 11 is 0. The van der Waals surface area contributed by atoms with Crippen LogP contribution in [-0.2, 0) is 4.74 Å². The predicted molar refractivity (Wildman–Crippen MR) is 148 cm³/mol. The van der Waals surface area contributed by atoms with Gasteiger partial charge in [-0.1, -0.05) is 12.1 Å². The van der Waals surface area contributed by atoms with E-state index in [0.717, 1.165) is 25.7 Å². The Balaban J connectivity index is 1.37. The maximum Gasteiger partial charge on any atom is 0.296 e. The molecule has 5 rings (SSSR count). The van der Waals surface area contributed by atoms with Gasteiger partial charge in [0.05, 0.1) is 30.9 Å². The molecule has 1 unspecified atom stereocenters. The van der Waals surface area contributed by atoms with Crippen molar-refractivity contribution in [2.24, 2.45) is 5.92 Å². The van der Waals surface area contributed by atoms with Gasteiger partial charge in [0.2, 0.25) is 5.95 Å². The number of nitrogens with zero attached hydrogens (tertiary/aromatic N) is 6. The molecule has 2 N–H and O–H groups in total. The minimum atomic E-state index is -2.77. The maximum absolute atomic E-state index is 14.1. The molecule has 2 aromatic heterocycles. The summed E-state index contributed by atoms with van der Waals surface area (Å²) in [7, 11) is 0. The van der Waals surface area contributed by atoms with Crippen molar-refractivity contribution in [2.45, 2.75) is 51.1 Å². The molecule has 218 valence electrons. The van der Waals surface area contributed by atoms with Crippen LogP contribution in [0.15, 0.2) is 30.3 Å². The lowest BCUT2D eigenvalue weighted by atomic mass is 9.85. The van der Waals surface area contributed by atoms with Crippen molar-refractivity contribution in [3.63, 3.8) is 0 Å². The van der Waals surface area contributed by atoms with Crippen LogP contribution < -0.4 is 10.2 Å². The third-order valence-electron chi connectivity index (χ3n) is 8.03. The number of fused-ring (bicyclic) bond motifs is 1. The zero-order chi connectivity index (χ0) is 28.1. The third-order valence-corrected chi connectivity index (χ3v) is 8.03. The normalized spacial score (nSPS) is 20.9. The number of morpholine rings is 1. The van der Waals surface area contributed by atoms with E-state index in [9.17, 15) is 18.3 Å². The Morgan fingerprint density at radius 2 is 1.80 bits per heavy atom. The van der Waals surface area contributed by atoms with Crippen LogP contribution in [-0.4, -0.2) is 94.3 Å². The smallest absolute Gasteiger partial charge is 0.296 e. The summed E-state index contributed by atoms with van der Waals surface area (Å²) in [6.07, 6.45) is 0.989. The Hall–Kier alpha value is -2.96. The average Bonchev–Trinajstić information content (AvgIpc) is 3.39. The molecule has 3 heterocycles. The molecular weight excluding hydrogens is 523 g/mol. The van der Waals surface area contributed by atoms with Crippen LogP contribution in [0.4, 0.5) is 24.9 Å². The monoisotopic (exact) mass is 561 g/mol. The highest BCUT2D eigenvalue weighted by Gasteiger charge is 2.29. The van der Waals surface area contributed by atoms with Crippen LogP contribution in [0.1, 0.15) is 44.9 Å². The summed E-state index contributed by atoms with van der Waals surface area (Å²) in [6.45, 7) is 5.00. The number of aliphatic hydroxyl groups excluding tert-OH is 1. The quantitative estimate of drug-likeness (QED) is 0.360. The first-order valence-corrected chi connectivity index (χ1v) is 14.1. The number of hydrogen-bond acceptors (Lipinski definition) is 8.